The number of aromatic nitrogens is 1. The fraction of sp³-hybridized carbons (Fsp3) is 0.344. The Labute approximate surface area is 263 Å². The second-order valence-electron chi connectivity index (χ2n) is 10.7. The quantitative estimate of drug-likeness (QED) is 0.241. The first kappa shape index (κ1) is 35.3. The van der Waals surface area contributed by atoms with Crippen LogP contribution in [0.15, 0.2) is 66.9 Å². The van der Waals surface area contributed by atoms with Crippen molar-refractivity contribution in [1.82, 2.24) is 9.88 Å². The number of fused-ring (bicyclic) bond motifs is 1. The van der Waals surface area contributed by atoms with Gasteiger partial charge in [-0.2, -0.15) is 13.2 Å². The maximum Gasteiger partial charge on any atom is 0.490 e. The summed E-state index contributed by atoms with van der Waals surface area (Å²) in [4.78, 5) is 55.1. The second kappa shape index (κ2) is 15.7. The number of carboxylic acid groups (broad SMARTS) is 2. The third kappa shape index (κ3) is 9.43. The van der Waals surface area contributed by atoms with E-state index in [1.54, 1.807) is 47.5 Å². The van der Waals surface area contributed by atoms with Crippen LogP contribution in [-0.2, 0) is 20.8 Å². The number of anilines is 2. The largest absolute Gasteiger partial charge is 0.490 e. The van der Waals surface area contributed by atoms with Gasteiger partial charge >= 0.3 is 18.1 Å². The van der Waals surface area contributed by atoms with Crippen molar-refractivity contribution in [3.63, 3.8) is 0 Å². The number of nitrogens with two attached hydrogens (primary N) is 1. The molecule has 1 unspecified atom stereocenters. The number of halogens is 3. The molecular weight excluding hydrogens is 609 g/mol. The number of carbonyl (C=O) groups is 4. The molecule has 1 aromatic heterocycles. The summed E-state index contributed by atoms with van der Waals surface area (Å²) in [5.41, 5.74) is 8.39. The summed E-state index contributed by atoms with van der Waals surface area (Å²) in [5, 5.41) is 16.8. The number of alkyl halides is 3. The Kier molecular flexibility index (Phi) is 12.1. The first-order chi connectivity index (χ1) is 21.7. The summed E-state index contributed by atoms with van der Waals surface area (Å²) in [7, 11) is 0. The van der Waals surface area contributed by atoms with Gasteiger partial charge in [0.25, 0.3) is 5.91 Å². The molecule has 2 heterocycles. The van der Waals surface area contributed by atoms with E-state index in [9.17, 15) is 32.7 Å². The topological polar surface area (TPSA) is 163 Å². The molecule has 0 bridgehead atoms. The molecule has 1 aliphatic rings. The number of carbonyl (C=O) groups excluding carboxylic acids is 2. The average molecular weight is 645 g/mol. The van der Waals surface area contributed by atoms with Gasteiger partial charge in [0.05, 0.1) is 30.3 Å². The number of nitrogens with zero attached hydrogens (tertiary/aromatic N) is 3. The molecule has 2 aromatic carbocycles. The van der Waals surface area contributed by atoms with E-state index in [-0.39, 0.29) is 30.8 Å². The van der Waals surface area contributed by atoms with Crippen molar-refractivity contribution in [3.8, 4) is 5.75 Å². The van der Waals surface area contributed by atoms with Crippen LogP contribution in [0.2, 0.25) is 0 Å². The molecular formula is C32H35F3N4O7. The highest BCUT2D eigenvalue weighted by molar-refractivity contribution is 6.10. The number of pyridine rings is 1. The smallest absolute Gasteiger partial charge is 0.490 e. The minimum absolute atomic E-state index is 0.179. The van der Waals surface area contributed by atoms with E-state index in [1.165, 1.54) is 4.90 Å². The number of unbranched alkanes of at least 4 members (excludes halogenated alkanes) is 1. The fourth-order valence-electron chi connectivity index (χ4n) is 4.91. The fourth-order valence-corrected chi connectivity index (χ4v) is 4.91. The number of hydrogen-bond acceptors (Lipinski definition) is 7. The summed E-state index contributed by atoms with van der Waals surface area (Å²) in [6, 6.07) is 17.2. The lowest BCUT2D eigenvalue weighted by molar-refractivity contribution is -0.192. The molecule has 0 spiro atoms. The van der Waals surface area contributed by atoms with Gasteiger partial charge in [-0.15, -0.1) is 0 Å². The van der Waals surface area contributed by atoms with Crippen molar-refractivity contribution in [3.05, 3.63) is 83.6 Å². The number of rotatable bonds is 11. The molecule has 1 atom stereocenters. The standard InChI is InChI=1S/C30H34N4O5.C2HF3O2/c1-20(2)34-24-14-13-21(9-6-7-16-39-26-12-8-15-32-29(26)31)17-23(24)30(38)33(19-27(34)35)25(18-28(36)37)22-10-4-3-5-11-22;3-2(4,5)1(6)7/h3-5,8,10-15,17,20,25H,6-7,9,16,18-19H2,1-2H3,(H2,31,32)(H,36,37);(H,6,7). The first-order valence-electron chi connectivity index (χ1n) is 14.4. The van der Waals surface area contributed by atoms with Crippen LogP contribution in [-0.4, -0.2) is 69.2 Å². The Morgan fingerprint density at radius 2 is 1.70 bits per heavy atom. The van der Waals surface area contributed by atoms with Crippen molar-refractivity contribution < 1.29 is 47.3 Å². The molecule has 4 rings (SSSR count). The van der Waals surface area contributed by atoms with Crippen LogP contribution in [0.25, 0.3) is 0 Å². The summed E-state index contributed by atoms with van der Waals surface area (Å²) < 4.78 is 37.5. The Hall–Kier alpha value is -5.14. The average Bonchev–Trinajstić information content (AvgIpc) is 3.10. The normalized spacial score (nSPS) is 13.8. The van der Waals surface area contributed by atoms with Crippen LogP contribution >= 0.6 is 0 Å². The second-order valence-corrected chi connectivity index (χ2v) is 10.7. The third-order valence-electron chi connectivity index (χ3n) is 6.99. The molecule has 3 aromatic rings. The molecule has 0 saturated heterocycles. The van der Waals surface area contributed by atoms with Gasteiger partial charge in [0.2, 0.25) is 5.91 Å². The lowest BCUT2D eigenvalue weighted by Crippen LogP contribution is -2.44. The molecule has 0 radical (unpaired) electrons. The number of ether oxygens (including phenoxy) is 1. The Morgan fingerprint density at radius 1 is 1.02 bits per heavy atom. The molecule has 246 valence electrons. The van der Waals surface area contributed by atoms with Crippen LogP contribution in [0.1, 0.15) is 60.6 Å². The van der Waals surface area contributed by atoms with Gasteiger partial charge < -0.3 is 30.5 Å². The van der Waals surface area contributed by atoms with Crippen molar-refractivity contribution in [2.45, 2.75) is 57.8 Å². The first-order valence-corrected chi connectivity index (χ1v) is 14.4. The SMILES string of the molecule is CC(C)N1C(=O)CN(C(CC(=O)O)c2ccccc2)C(=O)c2cc(CCCCOc3cccnc3N)ccc21.O=C(O)C(F)(F)F. The maximum atomic E-state index is 14.0. The van der Waals surface area contributed by atoms with E-state index in [0.29, 0.717) is 41.4 Å². The number of hydrogen-bond donors (Lipinski definition) is 3. The highest BCUT2D eigenvalue weighted by atomic mass is 19.4. The van der Waals surface area contributed by atoms with Gasteiger partial charge in [0.15, 0.2) is 11.6 Å². The zero-order valence-electron chi connectivity index (χ0n) is 25.2. The van der Waals surface area contributed by atoms with Crippen molar-refractivity contribution in [1.29, 1.82) is 0 Å². The number of benzene rings is 2. The molecule has 46 heavy (non-hydrogen) atoms. The van der Waals surface area contributed by atoms with Crippen molar-refractivity contribution in [2.75, 3.05) is 23.8 Å². The number of aryl methyl sites for hydroxylation is 1. The monoisotopic (exact) mass is 644 g/mol. The van der Waals surface area contributed by atoms with E-state index < -0.39 is 24.2 Å². The number of carboxylic acids is 2. The molecule has 1 aliphatic heterocycles. The van der Waals surface area contributed by atoms with Crippen LogP contribution in [0.4, 0.5) is 24.7 Å². The lowest BCUT2D eigenvalue weighted by atomic mass is 9.99. The zero-order valence-corrected chi connectivity index (χ0v) is 25.2. The van der Waals surface area contributed by atoms with Gasteiger partial charge in [-0.25, -0.2) is 9.78 Å². The van der Waals surface area contributed by atoms with Crippen LogP contribution < -0.4 is 15.4 Å². The van der Waals surface area contributed by atoms with Crippen LogP contribution in [0.3, 0.4) is 0 Å². The van der Waals surface area contributed by atoms with E-state index in [1.807, 2.05) is 38.1 Å². The Morgan fingerprint density at radius 3 is 2.28 bits per heavy atom. The van der Waals surface area contributed by atoms with E-state index in [0.717, 1.165) is 18.4 Å². The van der Waals surface area contributed by atoms with Crippen LogP contribution in [0, 0.1) is 0 Å². The summed E-state index contributed by atoms with van der Waals surface area (Å²) in [6.45, 7) is 4.08. The van der Waals surface area contributed by atoms with Crippen molar-refractivity contribution in [2.24, 2.45) is 0 Å². The zero-order chi connectivity index (χ0) is 34.0. The highest BCUT2D eigenvalue weighted by Gasteiger charge is 2.39. The van der Waals surface area contributed by atoms with Gasteiger partial charge in [-0.1, -0.05) is 36.4 Å². The van der Waals surface area contributed by atoms with Gasteiger partial charge in [0, 0.05) is 12.2 Å². The molecule has 0 saturated carbocycles. The summed E-state index contributed by atoms with van der Waals surface area (Å²) in [6.07, 6.45) is -1.48. The molecule has 11 nitrogen and oxygen atoms in total. The number of aliphatic carboxylic acids is 2. The molecule has 0 fully saturated rings. The molecule has 0 aliphatic carbocycles. The molecule has 4 N–H and O–H groups in total. The lowest BCUT2D eigenvalue weighted by Gasteiger charge is -2.30. The Bertz CT molecular complexity index is 1530. The minimum atomic E-state index is -5.08. The van der Waals surface area contributed by atoms with Gasteiger partial charge in [-0.3, -0.25) is 14.4 Å². The molecule has 2 amide bonds. The molecule has 14 heteroatoms. The Balaban J connectivity index is 0.000000738. The summed E-state index contributed by atoms with van der Waals surface area (Å²) in [5.74, 6) is -3.49. The van der Waals surface area contributed by atoms with Crippen LogP contribution in [0.5, 0.6) is 5.75 Å². The highest BCUT2D eigenvalue weighted by Crippen LogP contribution is 2.34. The van der Waals surface area contributed by atoms with Gasteiger partial charge in [0.1, 0.15) is 6.54 Å². The van der Waals surface area contributed by atoms with Crippen molar-refractivity contribution >= 4 is 35.3 Å². The predicted octanol–water partition coefficient (Wildman–Crippen LogP) is 5.11. The number of nitrogen functional groups attached to an aromatic ring is 1. The minimum Gasteiger partial charge on any atom is -0.490 e. The van der Waals surface area contributed by atoms with E-state index in [4.69, 9.17) is 20.4 Å². The third-order valence-corrected chi connectivity index (χ3v) is 6.99. The summed E-state index contributed by atoms with van der Waals surface area (Å²) >= 11 is 0. The van der Waals surface area contributed by atoms with Gasteiger partial charge in [-0.05, 0) is 68.5 Å². The maximum absolute atomic E-state index is 14.0. The van der Waals surface area contributed by atoms with E-state index >= 15 is 0 Å². The number of amides is 2. The predicted molar refractivity (Wildman–Crippen MR) is 162 cm³/mol. The van der Waals surface area contributed by atoms with E-state index in [2.05, 4.69) is 4.98 Å².